The zero-order valence-corrected chi connectivity index (χ0v) is 12.7. The molecule has 0 aromatic heterocycles. The van der Waals surface area contributed by atoms with Gasteiger partial charge in [-0.15, -0.1) is 0 Å². The molecule has 0 atom stereocenters. The molecule has 0 saturated heterocycles. The molecular formula is C16H21NO4. The first-order valence-corrected chi connectivity index (χ1v) is 7.25. The van der Waals surface area contributed by atoms with Gasteiger partial charge in [-0.05, 0) is 38.5 Å². The Morgan fingerprint density at radius 2 is 2.05 bits per heavy atom. The molecule has 1 amide bonds. The van der Waals surface area contributed by atoms with Gasteiger partial charge in [-0.3, -0.25) is 4.79 Å². The number of ether oxygens (including phenoxy) is 1. The third-order valence-corrected chi connectivity index (χ3v) is 3.61. The van der Waals surface area contributed by atoms with Gasteiger partial charge in [0.05, 0.1) is 11.3 Å². The molecule has 1 aromatic carbocycles. The van der Waals surface area contributed by atoms with Crippen molar-refractivity contribution >= 4 is 17.6 Å². The first-order chi connectivity index (χ1) is 9.86. The van der Waals surface area contributed by atoms with E-state index in [0.29, 0.717) is 18.0 Å². The van der Waals surface area contributed by atoms with Gasteiger partial charge < -0.3 is 14.7 Å². The molecule has 0 radical (unpaired) electrons. The van der Waals surface area contributed by atoms with E-state index < -0.39 is 11.6 Å². The summed E-state index contributed by atoms with van der Waals surface area (Å²) >= 11 is 0. The average molecular weight is 291 g/mol. The molecule has 0 aliphatic carbocycles. The van der Waals surface area contributed by atoms with Crippen molar-refractivity contribution < 1.29 is 19.4 Å². The Morgan fingerprint density at radius 3 is 2.67 bits per heavy atom. The van der Waals surface area contributed by atoms with E-state index in [4.69, 9.17) is 9.84 Å². The second kappa shape index (κ2) is 5.76. The standard InChI is InChI=1S/C16H21NO4/c1-4-5-6-9-17-12-10-11(14(18)19)7-8-13(12)21-16(2,3)15(17)20/h7-8,10H,4-6,9H2,1-3H3,(H,18,19). The van der Waals surface area contributed by atoms with Crippen molar-refractivity contribution in [1.82, 2.24) is 0 Å². The number of hydrogen-bond acceptors (Lipinski definition) is 3. The SMILES string of the molecule is CCCCCN1C(=O)C(C)(C)Oc2ccc(C(=O)O)cc21. The summed E-state index contributed by atoms with van der Waals surface area (Å²) in [6, 6.07) is 4.63. The number of amides is 1. The van der Waals surface area contributed by atoms with E-state index >= 15 is 0 Å². The third-order valence-electron chi connectivity index (χ3n) is 3.61. The summed E-state index contributed by atoms with van der Waals surface area (Å²) in [7, 11) is 0. The number of nitrogens with zero attached hydrogens (tertiary/aromatic N) is 1. The number of unbranched alkanes of at least 4 members (excludes halogenated alkanes) is 2. The first-order valence-electron chi connectivity index (χ1n) is 7.25. The lowest BCUT2D eigenvalue weighted by Gasteiger charge is -2.39. The van der Waals surface area contributed by atoms with Crippen LogP contribution in [-0.4, -0.2) is 29.1 Å². The molecule has 114 valence electrons. The van der Waals surface area contributed by atoms with Crippen molar-refractivity contribution in [1.29, 1.82) is 0 Å². The predicted molar refractivity (Wildman–Crippen MR) is 80.0 cm³/mol. The summed E-state index contributed by atoms with van der Waals surface area (Å²) < 4.78 is 5.72. The van der Waals surface area contributed by atoms with Gasteiger partial charge >= 0.3 is 5.97 Å². The van der Waals surface area contributed by atoms with Crippen molar-refractivity contribution in [3.05, 3.63) is 23.8 Å². The van der Waals surface area contributed by atoms with E-state index in [2.05, 4.69) is 6.92 Å². The molecule has 0 spiro atoms. The van der Waals surface area contributed by atoms with Crippen LogP contribution >= 0.6 is 0 Å². The highest BCUT2D eigenvalue weighted by Gasteiger charge is 2.40. The number of carboxylic acids is 1. The maximum atomic E-state index is 12.5. The number of hydrogen-bond donors (Lipinski definition) is 1. The van der Waals surface area contributed by atoms with Gasteiger partial charge in [-0.1, -0.05) is 19.8 Å². The fourth-order valence-electron chi connectivity index (χ4n) is 2.44. The lowest BCUT2D eigenvalue weighted by molar-refractivity contribution is -0.132. The molecule has 1 N–H and O–H groups in total. The second-order valence-electron chi connectivity index (χ2n) is 5.76. The Labute approximate surface area is 124 Å². The largest absolute Gasteiger partial charge is 0.478 e. The van der Waals surface area contributed by atoms with E-state index in [9.17, 15) is 9.59 Å². The molecule has 21 heavy (non-hydrogen) atoms. The summed E-state index contributed by atoms with van der Waals surface area (Å²) in [6.45, 7) is 6.14. The number of fused-ring (bicyclic) bond motifs is 1. The number of benzene rings is 1. The fourth-order valence-corrected chi connectivity index (χ4v) is 2.44. The van der Waals surface area contributed by atoms with Crippen molar-refractivity contribution in [3.63, 3.8) is 0 Å². The Morgan fingerprint density at radius 1 is 1.33 bits per heavy atom. The van der Waals surface area contributed by atoms with Gasteiger partial charge in [0.25, 0.3) is 5.91 Å². The highest BCUT2D eigenvalue weighted by molar-refractivity contribution is 6.03. The molecule has 0 bridgehead atoms. The fraction of sp³-hybridized carbons (Fsp3) is 0.500. The van der Waals surface area contributed by atoms with Crippen molar-refractivity contribution in [2.75, 3.05) is 11.4 Å². The average Bonchev–Trinajstić information content (AvgIpc) is 2.42. The molecule has 0 saturated carbocycles. The van der Waals surface area contributed by atoms with Gasteiger partial charge in [0.15, 0.2) is 5.60 Å². The number of anilines is 1. The Bertz CT molecular complexity index is 565. The second-order valence-corrected chi connectivity index (χ2v) is 5.76. The zero-order valence-electron chi connectivity index (χ0n) is 12.7. The first kappa shape index (κ1) is 15.4. The van der Waals surface area contributed by atoms with E-state index in [1.54, 1.807) is 24.8 Å². The van der Waals surface area contributed by atoms with E-state index in [-0.39, 0.29) is 11.5 Å². The van der Waals surface area contributed by atoms with E-state index in [1.807, 2.05) is 0 Å². The molecular weight excluding hydrogens is 270 g/mol. The van der Waals surface area contributed by atoms with Gasteiger partial charge in [-0.25, -0.2) is 4.79 Å². The third kappa shape index (κ3) is 3.01. The lowest BCUT2D eigenvalue weighted by atomic mass is 10.0. The smallest absolute Gasteiger partial charge is 0.335 e. The Kier molecular flexibility index (Phi) is 4.21. The quantitative estimate of drug-likeness (QED) is 0.847. The van der Waals surface area contributed by atoms with Crippen LogP contribution in [0.2, 0.25) is 0 Å². The minimum Gasteiger partial charge on any atom is -0.478 e. The molecule has 1 aliphatic rings. The van der Waals surface area contributed by atoms with Crippen LogP contribution in [0.3, 0.4) is 0 Å². The minimum atomic E-state index is -1.01. The van der Waals surface area contributed by atoms with Crippen molar-refractivity contribution in [2.24, 2.45) is 0 Å². The van der Waals surface area contributed by atoms with Crippen LogP contribution in [0.4, 0.5) is 5.69 Å². The van der Waals surface area contributed by atoms with Crippen molar-refractivity contribution in [2.45, 2.75) is 45.6 Å². The lowest BCUT2D eigenvalue weighted by Crippen LogP contribution is -2.52. The number of rotatable bonds is 5. The van der Waals surface area contributed by atoms with Crippen LogP contribution in [0.5, 0.6) is 5.75 Å². The highest BCUT2D eigenvalue weighted by atomic mass is 16.5. The number of carbonyl (C=O) groups excluding carboxylic acids is 1. The number of carbonyl (C=O) groups is 2. The monoisotopic (exact) mass is 291 g/mol. The van der Waals surface area contributed by atoms with Crippen LogP contribution in [0.25, 0.3) is 0 Å². The topological polar surface area (TPSA) is 66.8 Å². The summed E-state index contributed by atoms with van der Waals surface area (Å²) in [6.07, 6.45) is 2.97. The molecule has 0 unspecified atom stereocenters. The summed E-state index contributed by atoms with van der Waals surface area (Å²) in [5, 5.41) is 9.11. The Hall–Kier alpha value is -2.04. The molecule has 5 nitrogen and oxygen atoms in total. The normalized spacial score (nSPS) is 16.3. The maximum absolute atomic E-state index is 12.5. The van der Waals surface area contributed by atoms with Crippen molar-refractivity contribution in [3.8, 4) is 5.75 Å². The van der Waals surface area contributed by atoms with Crippen LogP contribution in [-0.2, 0) is 4.79 Å². The van der Waals surface area contributed by atoms with E-state index in [0.717, 1.165) is 19.3 Å². The summed E-state index contributed by atoms with van der Waals surface area (Å²) in [5.74, 6) is -0.585. The van der Waals surface area contributed by atoms with E-state index in [1.165, 1.54) is 12.1 Å². The molecule has 1 aromatic rings. The summed E-state index contributed by atoms with van der Waals surface area (Å²) in [5.41, 5.74) is -0.218. The molecule has 0 fully saturated rings. The van der Waals surface area contributed by atoms with Gasteiger partial charge in [0.2, 0.25) is 0 Å². The highest BCUT2D eigenvalue weighted by Crippen LogP contribution is 2.38. The Balaban J connectivity index is 2.40. The van der Waals surface area contributed by atoms with Gasteiger partial charge in [0, 0.05) is 6.54 Å². The van der Waals surface area contributed by atoms with Crippen LogP contribution in [0, 0.1) is 0 Å². The predicted octanol–water partition coefficient (Wildman–Crippen LogP) is 3.08. The van der Waals surface area contributed by atoms with Crippen LogP contribution in [0.1, 0.15) is 50.4 Å². The number of carboxylic acid groups (broad SMARTS) is 1. The van der Waals surface area contributed by atoms with Crippen LogP contribution in [0.15, 0.2) is 18.2 Å². The number of aromatic carboxylic acids is 1. The minimum absolute atomic E-state index is 0.131. The van der Waals surface area contributed by atoms with Gasteiger partial charge in [0.1, 0.15) is 5.75 Å². The maximum Gasteiger partial charge on any atom is 0.335 e. The van der Waals surface area contributed by atoms with Crippen LogP contribution < -0.4 is 9.64 Å². The molecule has 1 heterocycles. The molecule has 2 rings (SSSR count). The molecule has 5 heteroatoms. The molecule has 1 aliphatic heterocycles. The summed E-state index contributed by atoms with van der Waals surface area (Å²) in [4.78, 5) is 25.3. The zero-order chi connectivity index (χ0) is 15.6. The van der Waals surface area contributed by atoms with Gasteiger partial charge in [-0.2, -0.15) is 0 Å².